The van der Waals surface area contributed by atoms with Crippen molar-refractivity contribution in [1.29, 1.82) is 0 Å². The highest BCUT2D eigenvalue weighted by atomic mass is 16.2. The van der Waals surface area contributed by atoms with Crippen molar-refractivity contribution in [3.8, 4) is 0 Å². The van der Waals surface area contributed by atoms with E-state index >= 15 is 0 Å². The molecule has 1 aliphatic carbocycles. The summed E-state index contributed by atoms with van der Waals surface area (Å²) in [6, 6.07) is 1.85. The van der Waals surface area contributed by atoms with Crippen LogP contribution < -0.4 is 0 Å². The summed E-state index contributed by atoms with van der Waals surface area (Å²) in [7, 11) is 0. The topological polar surface area (TPSA) is 58.4 Å². The van der Waals surface area contributed by atoms with Gasteiger partial charge >= 0.3 is 0 Å². The molecule has 1 unspecified atom stereocenters. The quantitative estimate of drug-likeness (QED) is 0.845. The molecule has 1 aromatic rings. The van der Waals surface area contributed by atoms with Gasteiger partial charge in [0.2, 0.25) is 11.8 Å². The molecule has 6 nitrogen and oxygen atoms in total. The van der Waals surface area contributed by atoms with Crippen molar-refractivity contribution in [2.45, 2.75) is 64.6 Å². The number of nitrogens with zero attached hydrogens (tertiary/aromatic N) is 4. The van der Waals surface area contributed by atoms with Gasteiger partial charge in [-0.15, -0.1) is 0 Å². The minimum Gasteiger partial charge on any atom is -0.333 e. The highest BCUT2D eigenvalue weighted by Gasteiger charge is 2.38. The van der Waals surface area contributed by atoms with E-state index < -0.39 is 0 Å². The van der Waals surface area contributed by atoms with Crippen LogP contribution in [-0.4, -0.2) is 50.5 Å². The van der Waals surface area contributed by atoms with E-state index in [4.69, 9.17) is 5.10 Å². The largest absolute Gasteiger partial charge is 0.333 e. The normalized spacial score (nSPS) is 22.2. The van der Waals surface area contributed by atoms with Crippen LogP contribution in [0.5, 0.6) is 0 Å². The molecule has 6 heteroatoms. The van der Waals surface area contributed by atoms with E-state index in [-0.39, 0.29) is 23.8 Å². The second kappa shape index (κ2) is 5.90. The number of rotatable bonds is 4. The Labute approximate surface area is 142 Å². The van der Waals surface area contributed by atoms with Crippen LogP contribution in [0.25, 0.3) is 0 Å². The van der Waals surface area contributed by atoms with E-state index in [1.165, 1.54) is 18.5 Å². The average molecular weight is 330 g/mol. The summed E-state index contributed by atoms with van der Waals surface area (Å²) in [4.78, 5) is 29.0. The third kappa shape index (κ3) is 2.72. The summed E-state index contributed by atoms with van der Waals surface area (Å²) in [6.07, 6.45) is 3.93. The van der Waals surface area contributed by atoms with Gasteiger partial charge in [0.05, 0.1) is 24.5 Å². The smallest absolute Gasteiger partial charge is 0.246 e. The van der Waals surface area contributed by atoms with Gasteiger partial charge in [0.25, 0.3) is 0 Å². The summed E-state index contributed by atoms with van der Waals surface area (Å²) in [5.74, 6) is 0.993. The summed E-state index contributed by atoms with van der Waals surface area (Å²) >= 11 is 0. The number of hydrogen-bond acceptors (Lipinski definition) is 3. The van der Waals surface area contributed by atoms with Gasteiger partial charge < -0.3 is 9.80 Å². The van der Waals surface area contributed by atoms with Gasteiger partial charge in [-0.2, -0.15) is 5.10 Å². The second-order valence-electron chi connectivity index (χ2n) is 7.70. The standard InChI is InChI=1S/C18H26N4O2/c1-12(2)17(21-7-3-4-16(21)23)18(24)20-8-9-22-14(11-20)10-15(19-22)13-5-6-13/h10,12-13,17H,3-9,11H2,1-2H3. The van der Waals surface area contributed by atoms with E-state index in [0.717, 1.165) is 18.7 Å². The SMILES string of the molecule is CC(C)C(C(=O)N1CCn2nc(C3CC3)cc2C1)N1CCCC1=O. The van der Waals surface area contributed by atoms with E-state index in [2.05, 4.69) is 10.7 Å². The zero-order valence-electron chi connectivity index (χ0n) is 14.6. The zero-order chi connectivity index (χ0) is 16.8. The monoisotopic (exact) mass is 330 g/mol. The van der Waals surface area contributed by atoms with Gasteiger partial charge in [-0.1, -0.05) is 13.8 Å². The third-order valence-corrected chi connectivity index (χ3v) is 5.45. The Morgan fingerprint density at radius 2 is 2.04 bits per heavy atom. The number of fused-ring (bicyclic) bond motifs is 1. The van der Waals surface area contributed by atoms with Crippen LogP contribution in [0.1, 0.15) is 56.8 Å². The number of hydrogen-bond donors (Lipinski definition) is 0. The van der Waals surface area contributed by atoms with Gasteiger partial charge in [-0.05, 0) is 31.2 Å². The molecule has 3 heterocycles. The summed E-state index contributed by atoms with van der Waals surface area (Å²) in [5.41, 5.74) is 2.32. The molecule has 1 saturated heterocycles. The van der Waals surface area contributed by atoms with Crippen LogP contribution >= 0.6 is 0 Å². The molecule has 0 radical (unpaired) electrons. The maximum Gasteiger partial charge on any atom is 0.246 e. The van der Waals surface area contributed by atoms with Crippen LogP contribution in [0, 0.1) is 5.92 Å². The first-order valence-corrected chi connectivity index (χ1v) is 9.19. The van der Waals surface area contributed by atoms with Gasteiger partial charge in [0, 0.05) is 25.4 Å². The Hall–Kier alpha value is -1.85. The molecule has 1 aromatic heterocycles. The molecule has 2 aliphatic heterocycles. The van der Waals surface area contributed by atoms with Crippen LogP contribution in [0.3, 0.4) is 0 Å². The Kier molecular flexibility index (Phi) is 3.85. The van der Waals surface area contributed by atoms with Crippen LogP contribution in [-0.2, 0) is 22.7 Å². The van der Waals surface area contributed by atoms with Crippen molar-refractivity contribution in [2.75, 3.05) is 13.1 Å². The number of likely N-dealkylation sites (tertiary alicyclic amines) is 1. The van der Waals surface area contributed by atoms with Crippen LogP contribution in [0.2, 0.25) is 0 Å². The van der Waals surface area contributed by atoms with Crippen molar-refractivity contribution in [3.05, 3.63) is 17.5 Å². The van der Waals surface area contributed by atoms with Crippen molar-refractivity contribution >= 4 is 11.8 Å². The molecule has 3 aliphatic rings. The number of aromatic nitrogens is 2. The van der Waals surface area contributed by atoms with Crippen molar-refractivity contribution in [3.63, 3.8) is 0 Å². The van der Waals surface area contributed by atoms with E-state index in [1.54, 1.807) is 4.90 Å². The van der Waals surface area contributed by atoms with Gasteiger partial charge in [0.1, 0.15) is 6.04 Å². The highest BCUT2D eigenvalue weighted by molar-refractivity contribution is 5.88. The molecule has 0 bridgehead atoms. The molecule has 4 rings (SSSR count). The Morgan fingerprint density at radius 3 is 2.67 bits per heavy atom. The number of amides is 2. The summed E-state index contributed by atoms with van der Waals surface area (Å²) < 4.78 is 2.06. The minimum atomic E-state index is -0.322. The Morgan fingerprint density at radius 1 is 1.25 bits per heavy atom. The fourth-order valence-electron chi connectivity index (χ4n) is 3.98. The predicted octanol–water partition coefficient (Wildman–Crippen LogP) is 1.75. The predicted molar refractivity (Wildman–Crippen MR) is 89.2 cm³/mol. The van der Waals surface area contributed by atoms with Gasteiger partial charge in [-0.25, -0.2) is 0 Å². The lowest BCUT2D eigenvalue weighted by molar-refractivity contribution is -0.146. The first-order chi connectivity index (χ1) is 11.5. The fraction of sp³-hybridized carbons (Fsp3) is 0.722. The molecule has 0 N–H and O–H groups in total. The lowest BCUT2D eigenvalue weighted by Gasteiger charge is -2.36. The van der Waals surface area contributed by atoms with Crippen molar-refractivity contribution < 1.29 is 9.59 Å². The molecule has 1 saturated carbocycles. The maximum absolute atomic E-state index is 13.1. The average Bonchev–Trinajstić information content (AvgIpc) is 3.19. The summed E-state index contributed by atoms with van der Waals surface area (Å²) in [6.45, 7) is 6.84. The Bertz CT molecular complexity index is 662. The first-order valence-electron chi connectivity index (χ1n) is 9.19. The molecular weight excluding hydrogens is 304 g/mol. The molecule has 1 atom stereocenters. The maximum atomic E-state index is 13.1. The molecule has 2 amide bonds. The third-order valence-electron chi connectivity index (χ3n) is 5.45. The number of carbonyl (C=O) groups is 2. The fourth-order valence-corrected chi connectivity index (χ4v) is 3.98. The molecular formula is C18H26N4O2. The second-order valence-corrected chi connectivity index (χ2v) is 7.70. The van der Waals surface area contributed by atoms with E-state index in [9.17, 15) is 9.59 Å². The van der Waals surface area contributed by atoms with E-state index in [0.29, 0.717) is 32.0 Å². The lowest BCUT2D eigenvalue weighted by atomic mass is 10.0. The first kappa shape index (κ1) is 15.7. The van der Waals surface area contributed by atoms with Gasteiger partial charge in [-0.3, -0.25) is 14.3 Å². The molecule has 24 heavy (non-hydrogen) atoms. The van der Waals surface area contributed by atoms with Crippen molar-refractivity contribution in [2.24, 2.45) is 5.92 Å². The highest BCUT2D eigenvalue weighted by Crippen LogP contribution is 2.39. The van der Waals surface area contributed by atoms with Crippen LogP contribution in [0.15, 0.2) is 6.07 Å². The van der Waals surface area contributed by atoms with Crippen LogP contribution in [0.4, 0.5) is 0 Å². The Balaban J connectivity index is 1.51. The molecule has 0 aromatic carbocycles. The lowest BCUT2D eigenvalue weighted by Crippen LogP contribution is -2.53. The molecule has 130 valence electrons. The van der Waals surface area contributed by atoms with Gasteiger partial charge in [0.15, 0.2) is 0 Å². The molecule has 2 fully saturated rings. The zero-order valence-corrected chi connectivity index (χ0v) is 14.6. The molecule has 0 spiro atoms. The summed E-state index contributed by atoms with van der Waals surface area (Å²) in [5, 5.41) is 4.69. The van der Waals surface area contributed by atoms with E-state index in [1.807, 2.05) is 18.7 Å². The van der Waals surface area contributed by atoms with Crippen molar-refractivity contribution in [1.82, 2.24) is 19.6 Å². The number of carbonyl (C=O) groups excluding carboxylic acids is 2. The minimum absolute atomic E-state index is 0.0978.